The Bertz CT molecular complexity index is 877. The zero-order chi connectivity index (χ0) is 19.2. The van der Waals surface area contributed by atoms with Gasteiger partial charge in [0.1, 0.15) is 0 Å². The molecule has 2 amide bonds. The number of benzene rings is 2. The molecule has 27 heavy (non-hydrogen) atoms. The molecule has 0 atom stereocenters. The Hall–Kier alpha value is -2.34. The quantitative estimate of drug-likeness (QED) is 0.779. The number of carbonyl (C=O) groups is 2. The van der Waals surface area contributed by atoms with Gasteiger partial charge < -0.3 is 15.0 Å². The average molecular weight is 405 g/mol. The second-order valence-corrected chi connectivity index (χ2v) is 6.78. The molecule has 2 aromatic rings. The number of rotatable bonds is 4. The number of hydrogen-bond donors (Lipinski definition) is 1. The summed E-state index contributed by atoms with van der Waals surface area (Å²) in [6.07, 6.45) is 2.96. The Morgan fingerprint density at radius 1 is 1.07 bits per heavy atom. The number of carbonyl (C=O) groups excluding carboxylic acids is 2. The summed E-state index contributed by atoms with van der Waals surface area (Å²) in [5.41, 5.74) is 1.59. The van der Waals surface area contributed by atoms with Crippen LogP contribution in [0.3, 0.4) is 0 Å². The van der Waals surface area contributed by atoms with Crippen molar-refractivity contribution in [2.45, 2.75) is 0 Å². The van der Waals surface area contributed by atoms with Crippen molar-refractivity contribution in [1.29, 1.82) is 0 Å². The number of morpholine rings is 1. The van der Waals surface area contributed by atoms with Crippen LogP contribution < -0.4 is 5.32 Å². The Labute approximate surface area is 167 Å². The predicted molar refractivity (Wildman–Crippen MR) is 107 cm³/mol. The van der Waals surface area contributed by atoms with Crippen molar-refractivity contribution >= 4 is 46.8 Å². The zero-order valence-electron chi connectivity index (χ0n) is 14.5. The molecule has 1 aliphatic heterocycles. The molecular formula is C20H18Cl2N2O3. The van der Waals surface area contributed by atoms with Gasteiger partial charge in [0.15, 0.2) is 0 Å². The van der Waals surface area contributed by atoms with E-state index in [1.165, 1.54) is 6.08 Å². The van der Waals surface area contributed by atoms with E-state index in [0.29, 0.717) is 53.2 Å². The summed E-state index contributed by atoms with van der Waals surface area (Å²) in [4.78, 5) is 26.8. The predicted octanol–water partition coefficient (Wildman–Crippen LogP) is 4.12. The van der Waals surface area contributed by atoms with Gasteiger partial charge in [-0.15, -0.1) is 0 Å². The summed E-state index contributed by atoms with van der Waals surface area (Å²) in [5.74, 6) is -0.484. The molecule has 5 nitrogen and oxygen atoms in total. The zero-order valence-corrected chi connectivity index (χ0v) is 16.0. The lowest BCUT2D eigenvalue weighted by Crippen LogP contribution is -2.41. The number of ether oxygens (including phenoxy) is 1. The highest BCUT2D eigenvalue weighted by atomic mass is 35.5. The van der Waals surface area contributed by atoms with Gasteiger partial charge in [-0.1, -0.05) is 41.4 Å². The average Bonchev–Trinajstić information content (AvgIpc) is 2.68. The number of nitrogens with zero attached hydrogens (tertiary/aromatic N) is 1. The van der Waals surface area contributed by atoms with E-state index in [4.69, 9.17) is 27.9 Å². The van der Waals surface area contributed by atoms with E-state index in [0.717, 1.165) is 0 Å². The first-order valence-electron chi connectivity index (χ1n) is 8.45. The third-order valence-corrected chi connectivity index (χ3v) is 4.65. The molecule has 0 aromatic heterocycles. The van der Waals surface area contributed by atoms with Gasteiger partial charge in [0, 0.05) is 29.2 Å². The molecule has 0 aliphatic carbocycles. The van der Waals surface area contributed by atoms with Crippen LogP contribution in [0.2, 0.25) is 10.0 Å². The van der Waals surface area contributed by atoms with Gasteiger partial charge in [-0.2, -0.15) is 0 Å². The Balaban J connectivity index is 1.72. The summed E-state index contributed by atoms with van der Waals surface area (Å²) < 4.78 is 5.28. The Kier molecular flexibility index (Phi) is 6.50. The smallest absolute Gasteiger partial charge is 0.256 e. The van der Waals surface area contributed by atoms with E-state index < -0.39 is 0 Å². The van der Waals surface area contributed by atoms with Crippen molar-refractivity contribution < 1.29 is 14.3 Å². The van der Waals surface area contributed by atoms with E-state index in [1.807, 2.05) is 0 Å². The molecule has 7 heteroatoms. The van der Waals surface area contributed by atoms with Crippen molar-refractivity contribution in [3.8, 4) is 0 Å². The van der Waals surface area contributed by atoms with Crippen LogP contribution in [-0.2, 0) is 9.53 Å². The fourth-order valence-corrected chi connectivity index (χ4v) is 3.16. The normalized spacial score (nSPS) is 14.4. The maximum atomic E-state index is 12.7. The van der Waals surface area contributed by atoms with Crippen LogP contribution in [0.1, 0.15) is 15.9 Å². The van der Waals surface area contributed by atoms with Gasteiger partial charge in [0.05, 0.1) is 24.5 Å². The number of halogens is 2. The second-order valence-electron chi connectivity index (χ2n) is 5.94. The van der Waals surface area contributed by atoms with Crippen molar-refractivity contribution in [2.24, 2.45) is 0 Å². The number of nitrogens with one attached hydrogen (secondary N) is 1. The largest absolute Gasteiger partial charge is 0.378 e. The molecule has 1 saturated heterocycles. The third kappa shape index (κ3) is 5.10. The minimum Gasteiger partial charge on any atom is -0.378 e. The molecular weight excluding hydrogens is 387 g/mol. The van der Waals surface area contributed by atoms with Gasteiger partial charge >= 0.3 is 0 Å². The SMILES string of the molecule is O=C(/C=C/c1ccc(Cl)cc1Cl)Nc1ccccc1C(=O)N1CCOCC1. The number of anilines is 1. The first-order valence-corrected chi connectivity index (χ1v) is 9.20. The van der Waals surface area contributed by atoms with Crippen molar-refractivity contribution in [3.05, 3.63) is 69.7 Å². The maximum Gasteiger partial charge on any atom is 0.256 e. The van der Waals surface area contributed by atoms with E-state index >= 15 is 0 Å². The van der Waals surface area contributed by atoms with Gasteiger partial charge in [0.25, 0.3) is 5.91 Å². The van der Waals surface area contributed by atoms with E-state index in [-0.39, 0.29) is 11.8 Å². The van der Waals surface area contributed by atoms with E-state index in [9.17, 15) is 9.59 Å². The van der Waals surface area contributed by atoms with Gasteiger partial charge in [-0.05, 0) is 35.9 Å². The highest BCUT2D eigenvalue weighted by molar-refractivity contribution is 6.35. The van der Waals surface area contributed by atoms with E-state index in [1.54, 1.807) is 53.4 Å². The molecule has 2 aromatic carbocycles. The minimum atomic E-state index is -0.358. The first-order chi connectivity index (χ1) is 13.0. The number of amides is 2. The molecule has 3 rings (SSSR count). The van der Waals surface area contributed by atoms with Crippen molar-refractivity contribution in [1.82, 2.24) is 4.90 Å². The monoisotopic (exact) mass is 404 g/mol. The first kappa shape index (κ1) is 19.4. The fraction of sp³-hybridized carbons (Fsp3) is 0.200. The van der Waals surface area contributed by atoms with Gasteiger partial charge in [0.2, 0.25) is 5.91 Å². The lowest BCUT2D eigenvalue weighted by atomic mass is 10.1. The van der Waals surface area contributed by atoms with Gasteiger partial charge in [-0.25, -0.2) is 0 Å². The van der Waals surface area contributed by atoms with Crippen LogP contribution in [0, 0.1) is 0 Å². The van der Waals surface area contributed by atoms with Crippen LogP contribution >= 0.6 is 23.2 Å². The van der Waals surface area contributed by atoms with Crippen LogP contribution in [-0.4, -0.2) is 43.0 Å². The summed E-state index contributed by atoms with van der Waals surface area (Å²) in [7, 11) is 0. The van der Waals surface area contributed by atoms with Crippen molar-refractivity contribution in [2.75, 3.05) is 31.6 Å². The van der Waals surface area contributed by atoms with E-state index in [2.05, 4.69) is 5.32 Å². The number of hydrogen-bond acceptors (Lipinski definition) is 3. The van der Waals surface area contributed by atoms with Crippen LogP contribution in [0.4, 0.5) is 5.69 Å². The van der Waals surface area contributed by atoms with Crippen LogP contribution in [0.5, 0.6) is 0 Å². The summed E-state index contributed by atoms with van der Waals surface area (Å²) >= 11 is 12.0. The Morgan fingerprint density at radius 2 is 1.81 bits per heavy atom. The molecule has 0 unspecified atom stereocenters. The molecule has 1 fully saturated rings. The third-order valence-electron chi connectivity index (χ3n) is 4.09. The maximum absolute atomic E-state index is 12.7. The summed E-state index contributed by atoms with van der Waals surface area (Å²) in [6, 6.07) is 12.0. The topological polar surface area (TPSA) is 58.6 Å². The van der Waals surface area contributed by atoms with Crippen molar-refractivity contribution in [3.63, 3.8) is 0 Å². The highest BCUT2D eigenvalue weighted by Gasteiger charge is 2.21. The molecule has 1 N–H and O–H groups in total. The molecule has 1 heterocycles. The Morgan fingerprint density at radius 3 is 2.56 bits per heavy atom. The summed E-state index contributed by atoms with van der Waals surface area (Å²) in [6.45, 7) is 2.11. The standard InChI is InChI=1S/C20H18Cl2N2O3/c21-15-7-5-14(17(22)13-15)6-8-19(25)23-18-4-2-1-3-16(18)20(26)24-9-11-27-12-10-24/h1-8,13H,9-12H2,(H,23,25)/b8-6+. The summed E-state index contributed by atoms with van der Waals surface area (Å²) in [5, 5.41) is 3.74. The molecule has 1 aliphatic rings. The fourth-order valence-electron chi connectivity index (χ4n) is 2.69. The lowest BCUT2D eigenvalue weighted by molar-refractivity contribution is -0.111. The highest BCUT2D eigenvalue weighted by Crippen LogP contribution is 2.22. The molecule has 0 saturated carbocycles. The van der Waals surface area contributed by atoms with Crippen LogP contribution in [0.25, 0.3) is 6.08 Å². The molecule has 0 radical (unpaired) electrons. The molecule has 0 bridgehead atoms. The minimum absolute atomic E-state index is 0.126. The van der Waals surface area contributed by atoms with Gasteiger partial charge in [-0.3, -0.25) is 9.59 Å². The number of para-hydroxylation sites is 1. The lowest BCUT2D eigenvalue weighted by Gasteiger charge is -2.27. The molecule has 140 valence electrons. The second kappa shape index (κ2) is 9.04. The van der Waals surface area contributed by atoms with Crippen LogP contribution in [0.15, 0.2) is 48.5 Å². The molecule has 0 spiro atoms.